The van der Waals surface area contributed by atoms with Crippen LogP contribution in [0.4, 0.5) is 11.6 Å². The zero-order chi connectivity index (χ0) is 17.1. The molecule has 2 amide bonds. The summed E-state index contributed by atoms with van der Waals surface area (Å²) < 4.78 is 0. The van der Waals surface area contributed by atoms with Crippen molar-refractivity contribution in [3.8, 4) is 0 Å². The number of aromatic nitrogens is 3. The third-order valence-electron chi connectivity index (χ3n) is 3.82. The fraction of sp³-hybridized carbons (Fsp3) is 0.375. The Bertz CT molecular complexity index is 743. The fourth-order valence-corrected chi connectivity index (χ4v) is 3.10. The molecule has 1 aliphatic heterocycles. The summed E-state index contributed by atoms with van der Waals surface area (Å²) >= 11 is 1.49. The van der Waals surface area contributed by atoms with Crippen molar-refractivity contribution < 1.29 is 9.59 Å². The lowest BCUT2D eigenvalue weighted by molar-refractivity contribution is -0.122. The van der Waals surface area contributed by atoms with Crippen molar-refractivity contribution in [2.45, 2.75) is 25.4 Å². The Morgan fingerprint density at radius 1 is 1.42 bits per heavy atom. The summed E-state index contributed by atoms with van der Waals surface area (Å²) in [5.41, 5.74) is 1.95. The van der Waals surface area contributed by atoms with Gasteiger partial charge < -0.3 is 4.90 Å². The second-order valence-electron chi connectivity index (χ2n) is 5.63. The number of carbonyl (C=O) groups is 2. The lowest BCUT2D eigenvalue weighted by Gasteiger charge is -2.16. The molecule has 126 valence electrons. The van der Waals surface area contributed by atoms with Gasteiger partial charge in [0.25, 0.3) is 0 Å². The Morgan fingerprint density at radius 3 is 2.88 bits per heavy atom. The summed E-state index contributed by atoms with van der Waals surface area (Å²) in [6, 6.07) is 7.71. The third kappa shape index (κ3) is 3.59. The fourth-order valence-electron chi connectivity index (χ4n) is 2.57. The molecular weight excluding hydrogens is 326 g/mol. The van der Waals surface area contributed by atoms with Gasteiger partial charge in [0.2, 0.25) is 22.9 Å². The smallest absolute Gasteiger partial charge is 0.232 e. The molecule has 1 saturated heterocycles. The molecule has 2 heterocycles. The first-order valence-corrected chi connectivity index (χ1v) is 8.78. The highest BCUT2D eigenvalue weighted by atomic mass is 32.2. The zero-order valence-electron chi connectivity index (χ0n) is 13.6. The number of anilines is 2. The van der Waals surface area contributed by atoms with E-state index in [1.54, 1.807) is 4.90 Å². The molecule has 1 unspecified atom stereocenters. The summed E-state index contributed by atoms with van der Waals surface area (Å²) in [5, 5.41) is 10.00. The quantitative estimate of drug-likeness (QED) is 0.811. The number of amides is 2. The molecule has 2 N–H and O–H groups in total. The van der Waals surface area contributed by atoms with Crippen LogP contribution in [-0.4, -0.2) is 39.3 Å². The molecule has 7 nitrogen and oxygen atoms in total. The Morgan fingerprint density at radius 2 is 2.17 bits per heavy atom. The number of nitrogens with zero attached hydrogens (tertiary/aromatic N) is 3. The molecule has 1 aliphatic rings. The Kier molecular flexibility index (Phi) is 4.84. The highest BCUT2D eigenvalue weighted by Crippen LogP contribution is 2.26. The van der Waals surface area contributed by atoms with Gasteiger partial charge in [-0.2, -0.15) is 4.98 Å². The van der Waals surface area contributed by atoms with E-state index in [2.05, 4.69) is 20.5 Å². The van der Waals surface area contributed by atoms with Crippen molar-refractivity contribution in [1.82, 2.24) is 15.2 Å². The molecular formula is C16H19N5O2S. The van der Waals surface area contributed by atoms with Gasteiger partial charge in [-0.25, -0.2) is 5.10 Å². The van der Waals surface area contributed by atoms with E-state index in [9.17, 15) is 9.59 Å². The largest absolute Gasteiger partial charge is 0.312 e. The summed E-state index contributed by atoms with van der Waals surface area (Å²) in [6.07, 6.45) is 0.199. The van der Waals surface area contributed by atoms with Gasteiger partial charge in [0.05, 0.1) is 5.92 Å². The number of rotatable bonds is 5. The van der Waals surface area contributed by atoms with Crippen LogP contribution in [-0.2, 0) is 9.59 Å². The Hall–Kier alpha value is -2.35. The molecule has 0 saturated carbocycles. The molecule has 0 bridgehead atoms. The van der Waals surface area contributed by atoms with Crippen LogP contribution < -0.4 is 10.2 Å². The average Bonchev–Trinajstić information content (AvgIpc) is 3.15. The first kappa shape index (κ1) is 16.5. The van der Waals surface area contributed by atoms with Crippen LogP contribution in [0.25, 0.3) is 0 Å². The van der Waals surface area contributed by atoms with Crippen LogP contribution >= 0.6 is 11.8 Å². The summed E-state index contributed by atoms with van der Waals surface area (Å²) in [4.78, 5) is 30.4. The first-order valence-electron chi connectivity index (χ1n) is 7.80. The number of benzene rings is 1. The molecule has 3 rings (SSSR count). The van der Waals surface area contributed by atoms with Crippen molar-refractivity contribution >= 4 is 35.2 Å². The van der Waals surface area contributed by atoms with E-state index in [0.29, 0.717) is 17.6 Å². The SMILES string of the molecule is CCSc1n[nH]c(NC(=O)C2CC(=O)N(c3ccc(C)cc3)C2)n1. The standard InChI is InChI=1S/C16H19N5O2S/c1-3-24-16-18-15(19-20-16)17-14(23)11-8-13(22)21(9-11)12-6-4-10(2)5-7-12/h4-7,11H,3,8-9H2,1-2H3,(H2,17,18,19,20,23). The van der Waals surface area contributed by atoms with Gasteiger partial charge in [0.1, 0.15) is 0 Å². The topological polar surface area (TPSA) is 91.0 Å². The van der Waals surface area contributed by atoms with Crippen LogP contribution in [0.15, 0.2) is 29.4 Å². The second kappa shape index (κ2) is 7.04. The van der Waals surface area contributed by atoms with Crippen molar-refractivity contribution in [3.63, 3.8) is 0 Å². The van der Waals surface area contributed by atoms with Crippen molar-refractivity contribution in [2.75, 3.05) is 22.5 Å². The number of hydrogen-bond donors (Lipinski definition) is 2. The van der Waals surface area contributed by atoms with Gasteiger partial charge >= 0.3 is 0 Å². The van der Waals surface area contributed by atoms with Crippen LogP contribution in [0.3, 0.4) is 0 Å². The minimum atomic E-state index is -0.397. The van der Waals surface area contributed by atoms with E-state index in [1.807, 2.05) is 38.1 Å². The van der Waals surface area contributed by atoms with Gasteiger partial charge in [-0.1, -0.05) is 36.4 Å². The molecule has 1 aromatic carbocycles. The normalized spacial score (nSPS) is 17.3. The molecule has 1 fully saturated rings. The predicted molar refractivity (Wildman–Crippen MR) is 93.0 cm³/mol. The van der Waals surface area contributed by atoms with E-state index in [4.69, 9.17) is 0 Å². The maximum atomic E-state index is 12.4. The van der Waals surface area contributed by atoms with Gasteiger partial charge in [-0.15, -0.1) is 5.10 Å². The molecule has 8 heteroatoms. The zero-order valence-corrected chi connectivity index (χ0v) is 14.4. The van der Waals surface area contributed by atoms with Gasteiger partial charge in [-0.3, -0.25) is 14.9 Å². The van der Waals surface area contributed by atoms with Crippen molar-refractivity contribution in [2.24, 2.45) is 5.92 Å². The van der Waals surface area contributed by atoms with Crippen LogP contribution in [0, 0.1) is 12.8 Å². The maximum absolute atomic E-state index is 12.4. The van der Waals surface area contributed by atoms with E-state index in [0.717, 1.165) is 17.0 Å². The lowest BCUT2D eigenvalue weighted by atomic mass is 10.1. The minimum absolute atomic E-state index is 0.0428. The first-order chi connectivity index (χ1) is 11.6. The Balaban J connectivity index is 1.64. The summed E-state index contributed by atoms with van der Waals surface area (Å²) in [5.74, 6) is 0.512. The number of hydrogen-bond acceptors (Lipinski definition) is 5. The number of thioether (sulfide) groups is 1. The average molecular weight is 345 g/mol. The maximum Gasteiger partial charge on any atom is 0.232 e. The molecule has 1 atom stereocenters. The minimum Gasteiger partial charge on any atom is -0.312 e. The van der Waals surface area contributed by atoms with Gasteiger partial charge in [-0.05, 0) is 24.8 Å². The summed E-state index contributed by atoms with van der Waals surface area (Å²) in [7, 11) is 0. The summed E-state index contributed by atoms with van der Waals surface area (Å²) in [6.45, 7) is 4.37. The van der Waals surface area contributed by atoms with E-state index >= 15 is 0 Å². The molecule has 0 spiro atoms. The molecule has 1 aromatic heterocycles. The van der Waals surface area contributed by atoms with Gasteiger partial charge in [0.15, 0.2) is 0 Å². The van der Waals surface area contributed by atoms with E-state index in [1.165, 1.54) is 11.8 Å². The lowest BCUT2D eigenvalue weighted by Crippen LogP contribution is -2.28. The number of aryl methyl sites for hydroxylation is 1. The second-order valence-corrected chi connectivity index (χ2v) is 6.86. The number of carbonyl (C=O) groups excluding carboxylic acids is 2. The van der Waals surface area contributed by atoms with Crippen LogP contribution in [0.2, 0.25) is 0 Å². The Labute approximate surface area is 144 Å². The molecule has 0 radical (unpaired) electrons. The van der Waals surface area contributed by atoms with E-state index in [-0.39, 0.29) is 18.2 Å². The number of nitrogens with one attached hydrogen (secondary N) is 2. The highest BCUT2D eigenvalue weighted by Gasteiger charge is 2.35. The highest BCUT2D eigenvalue weighted by molar-refractivity contribution is 7.99. The number of H-pyrrole nitrogens is 1. The third-order valence-corrected chi connectivity index (χ3v) is 4.55. The monoisotopic (exact) mass is 345 g/mol. The van der Waals surface area contributed by atoms with Crippen molar-refractivity contribution in [3.05, 3.63) is 29.8 Å². The predicted octanol–water partition coefficient (Wildman–Crippen LogP) is 2.22. The molecule has 2 aromatic rings. The molecule has 24 heavy (non-hydrogen) atoms. The van der Waals surface area contributed by atoms with E-state index < -0.39 is 5.92 Å². The number of aromatic amines is 1. The van der Waals surface area contributed by atoms with Crippen molar-refractivity contribution in [1.29, 1.82) is 0 Å². The molecule has 0 aliphatic carbocycles. The van der Waals surface area contributed by atoms with Gasteiger partial charge in [0, 0.05) is 18.7 Å². The van der Waals surface area contributed by atoms with Crippen LogP contribution in [0.1, 0.15) is 18.9 Å². The van der Waals surface area contributed by atoms with Crippen LogP contribution in [0.5, 0.6) is 0 Å².